The summed E-state index contributed by atoms with van der Waals surface area (Å²) in [6.45, 7) is 1.74. The van der Waals surface area contributed by atoms with Crippen molar-refractivity contribution in [2.75, 3.05) is 13.2 Å². The minimum Gasteiger partial charge on any atom is -0.494 e. The van der Waals surface area contributed by atoms with E-state index in [4.69, 9.17) is 9.47 Å². The van der Waals surface area contributed by atoms with Gasteiger partial charge in [-0.05, 0) is 48.2 Å². The Morgan fingerprint density at radius 3 is 2.27 bits per heavy atom. The molecule has 1 unspecified atom stereocenters. The van der Waals surface area contributed by atoms with E-state index in [0.29, 0.717) is 6.61 Å². The van der Waals surface area contributed by atoms with Gasteiger partial charge in [0.2, 0.25) is 0 Å². The highest BCUT2D eigenvalue weighted by molar-refractivity contribution is 6.05. The molecule has 2 aromatic carbocycles. The summed E-state index contributed by atoms with van der Waals surface area (Å²) in [7, 11) is 0. The lowest BCUT2D eigenvalue weighted by Crippen LogP contribution is -2.60. The molecule has 1 fully saturated rings. The van der Waals surface area contributed by atoms with E-state index in [1.165, 1.54) is 24.3 Å². The van der Waals surface area contributed by atoms with E-state index in [1.807, 2.05) is 0 Å². The van der Waals surface area contributed by atoms with Gasteiger partial charge in [-0.15, -0.1) is 0 Å². The van der Waals surface area contributed by atoms with Crippen LogP contribution in [0.4, 0.5) is 30.7 Å². The molecule has 1 amide bonds. The first kappa shape index (κ1) is 30.7. The molecule has 2 heterocycles. The van der Waals surface area contributed by atoms with Crippen molar-refractivity contribution in [2.45, 2.75) is 56.9 Å². The fourth-order valence-corrected chi connectivity index (χ4v) is 4.63. The smallest absolute Gasteiger partial charge is 0.416 e. The predicted octanol–water partition coefficient (Wildman–Crippen LogP) is 4.26. The number of benzene rings is 2. The Kier molecular flexibility index (Phi) is 9.23. The van der Waals surface area contributed by atoms with Crippen molar-refractivity contribution in [1.29, 1.82) is 0 Å². The van der Waals surface area contributed by atoms with Gasteiger partial charge in [-0.1, -0.05) is 24.3 Å². The second kappa shape index (κ2) is 12.3. The van der Waals surface area contributed by atoms with Gasteiger partial charge in [-0.25, -0.2) is 15.2 Å². The standard InChI is InChI=1S/C26H28F7N5O3/c1-2-40-14-16-5-4-15(12-20(16)27)19-13-24(26(31,32)33,34-23(39)21(19)22-35-37-38-36-22)17-6-8-18(9-7-17)41-11-3-10-25(28,29)30/h4-9,12,22,35-38H,2-3,10-11,13-14H2,1H3,(H,34,39). The van der Waals surface area contributed by atoms with Crippen LogP contribution in [0, 0.1) is 5.82 Å². The molecule has 224 valence electrons. The van der Waals surface area contributed by atoms with Crippen LogP contribution >= 0.6 is 0 Å². The van der Waals surface area contributed by atoms with E-state index in [0.717, 1.165) is 18.2 Å². The SMILES string of the molecule is CCOCc1ccc(C2=C(C3NNNN3)C(=O)NC(c3ccc(OCCCC(F)(F)F)cc3)(C(F)(F)F)C2)cc1F. The van der Waals surface area contributed by atoms with Crippen LogP contribution in [0.15, 0.2) is 48.0 Å². The Morgan fingerprint density at radius 2 is 1.68 bits per heavy atom. The molecule has 0 saturated carbocycles. The second-order valence-corrected chi connectivity index (χ2v) is 9.43. The highest BCUT2D eigenvalue weighted by Gasteiger charge is 2.60. The van der Waals surface area contributed by atoms with Gasteiger partial charge in [0.25, 0.3) is 5.91 Å². The Hall–Kier alpha value is -3.24. The third-order valence-electron chi connectivity index (χ3n) is 6.69. The average Bonchev–Trinajstić information content (AvgIpc) is 3.43. The molecule has 0 spiro atoms. The maximum atomic E-state index is 15.0. The minimum atomic E-state index is -5.00. The Morgan fingerprint density at radius 1 is 1.00 bits per heavy atom. The normalized spacial score (nSPS) is 20.4. The number of carbonyl (C=O) groups excluding carboxylic acids is 1. The average molecular weight is 592 g/mol. The third kappa shape index (κ3) is 6.98. The van der Waals surface area contributed by atoms with Crippen molar-refractivity contribution >= 4 is 11.5 Å². The zero-order chi connectivity index (χ0) is 29.8. The van der Waals surface area contributed by atoms with Crippen molar-refractivity contribution in [3.8, 4) is 5.75 Å². The fraction of sp³-hybridized carbons (Fsp3) is 0.423. The molecule has 5 N–H and O–H groups in total. The third-order valence-corrected chi connectivity index (χ3v) is 6.69. The molecule has 8 nitrogen and oxygen atoms in total. The summed E-state index contributed by atoms with van der Waals surface area (Å²) in [5, 5.41) is 2.12. The Bertz CT molecular complexity index is 1260. The van der Waals surface area contributed by atoms with Gasteiger partial charge in [0, 0.05) is 25.0 Å². The van der Waals surface area contributed by atoms with Crippen molar-refractivity contribution < 1.29 is 45.0 Å². The number of amides is 1. The second-order valence-electron chi connectivity index (χ2n) is 9.43. The number of hydrogen-bond acceptors (Lipinski definition) is 7. The molecule has 1 saturated heterocycles. The fourth-order valence-electron chi connectivity index (χ4n) is 4.63. The maximum Gasteiger partial charge on any atom is 0.416 e. The van der Waals surface area contributed by atoms with Gasteiger partial charge in [-0.2, -0.15) is 37.4 Å². The number of carbonyl (C=O) groups is 1. The van der Waals surface area contributed by atoms with Gasteiger partial charge in [0.15, 0.2) is 5.54 Å². The molecule has 4 rings (SSSR count). The van der Waals surface area contributed by atoms with Crippen LogP contribution in [-0.2, 0) is 21.7 Å². The van der Waals surface area contributed by atoms with Crippen molar-refractivity contribution in [2.24, 2.45) is 0 Å². The summed E-state index contributed by atoms with van der Waals surface area (Å²) >= 11 is 0. The largest absolute Gasteiger partial charge is 0.494 e. The van der Waals surface area contributed by atoms with E-state index in [9.17, 15) is 35.5 Å². The van der Waals surface area contributed by atoms with Crippen LogP contribution in [0.5, 0.6) is 5.75 Å². The molecule has 2 aliphatic rings. The molecule has 2 aromatic rings. The summed E-state index contributed by atoms with van der Waals surface area (Å²) in [5.74, 6) is -1.69. The summed E-state index contributed by atoms with van der Waals surface area (Å²) in [5.41, 5.74) is 7.26. The zero-order valence-corrected chi connectivity index (χ0v) is 21.7. The van der Waals surface area contributed by atoms with E-state index in [2.05, 4.69) is 27.2 Å². The van der Waals surface area contributed by atoms with E-state index in [-0.39, 0.29) is 53.2 Å². The monoisotopic (exact) mass is 591 g/mol. The topological polar surface area (TPSA) is 95.7 Å². The molecule has 15 heteroatoms. The summed E-state index contributed by atoms with van der Waals surface area (Å²) < 4.78 is 107. The number of halogens is 7. The van der Waals surface area contributed by atoms with Crippen LogP contribution in [-0.4, -0.2) is 37.6 Å². The first-order valence-corrected chi connectivity index (χ1v) is 12.6. The van der Waals surface area contributed by atoms with E-state index in [1.54, 1.807) is 6.92 Å². The van der Waals surface area contributed by atoms with E-state index < -0.39 is 48.6 Å². The van der Waals surface area contributed by atoms with Crippen molar-refractivity contribution in [3.05, 3.63) is 70.5 Å². The summed E-state index contributed by atoms with van der Waals surface area (Å²) in [6, 6.07) is 8.46. The zero-order valence-electron chi connectivity index (χ0n) is 21.7. The highest BCUT2D eigenvalue weighted by Crippen LogP contribution is 2.49. The minimum absolute atomic E-state index is 0.0360. The molecule has 2 aliphatic heterocycles. The molecule has 41 heavy (non-hydrogen) atoms. The molecule has 1 atom stereocenters. The van der Waals surface area contributed by atoms with Crippen molar-refractivity contribution in [1.82, 2.24) is 27.2 Å². The Labute approximate surface area is 230 Å². The molecule has 0 aromatic heterocycles. The van der Waals surface area contributed by atoms with Crippen molar-refractivity contribution in [3.63, 3.8) is 0 Å². The first-order chi connectivity index (χ1) is 19.3. The predicted molar refractivity (Wildman–Crippen MR) is 133 cm³/mol. The number of alkyl halides is 6. The molecule has 0 radical (unpaired) electrons. The number of rotatable bonds is 10. The van der Waals surface area contributed by atoms with Crippen LogP contribution in [0.3, 0.4) is 0 Å². The lowest BCUT2D eigenvalue weighted by molar-refractivity contribution is -0.202. The Balaban J connectivity index is 1.70. The van der Waals surface area contributed by atoms with Gasteiger partial charge in [-0.3, -0.25) is 4.79 Å². The van der Waals surface area contributed by atoms with Gasteiger partial charge in [0.1, 0.15) is 17.7 Å². The van der Waals surface area contributed by atoms with Gasteiger partial charge >= 0.3 is 12.4 Å². The number of nitrogens with one attached hydrogen (secondary N) is 5. The first-order valence-electron chi connectivity index (χ1n) is 12.6. The van der Waals surface area contributed by atoms with Gasteiger partial charge < -0.3 is 14.8 Å². The maximum absolute atomic E-state index is 15.0. The quantitative estimate of drug-likeness (QED) is 0.208. The lowest BCUT2D eigenvalue weighted by Gasteiger charge is -2.42. The number of ether oxygens (including phenoxy) is 2. The van der Waals surface area contributed by atoms with Crippen LogP contribution in [0.25, 0.3) is 5.57 Å². The van der Waals surface area contributed by atoms with Crippen LogP contribution in [0.2, 0.25) is 0 Å². The van der Waals surface area contributed by atoms with Crippen LogP contribution < -0.4 is 32.0 Å². The van der Waals surface area contributed by atoms with Crippen LogP contribution in [0.1, 0.15) is 42.9 Å². The number of hydrogen-bond donors (Lipinski definition) is 5. The summed E-state index contributed by atoms with van der Waals surface area (Å²) in [4.78, 5) is 13.4. The highest BCUT2D eigenvalue weighted by atomic mass is 19.4. The molecular weight excluding hydrogens is 563 g/mol. The summed E-state index contributed by atoms with van der Waals surface area (Å²) in [6.07, 6.45) is -12.5. The molecule has 0 aliphatic carbocycles. The van der Waals surface area contributed by atoms with E-state index >= 15 is 0 Å². The van der Waals surface area contributed by atoms with Gasteiger partial charge in [0.05, 0.1) is 18.8 Å². The lowest BCUT2D eigenvalue weighted by atomic mass is 9.76. The molecule has 0 bridgehead atoms. The number of hydrazine groups is 3. The molecular formula is C26H28F7N5O3.